The molecule has 0 bridgehead atoms. The Morgan fingerprint density at radius 1 is 1.55 bits per heavy atom. The smallest absolute Gasteiger partial charge is 0.288 e. The third-order valence-corrected chi connectivity index (χ3v) is 3.68. The van der Waals surface area contributed by atoms with Crippen molar-refractivity contribution in [2.75, 3.05) is 31.6 Å². The van der Waals surface area contributed by atoms with Crippen LogP contribution in [0.5, 0.6) is 0 Å². The number of ether oxygens (including phenoxy) is 1. The molecule has 110 valence electrons. The van der Waals surface area contributed by atoms with Crippen LogP contribution in [-0.2, 0) is 4.74 Å². The predicted octanol–water partition coefficient (Wildman–Crippen LogP) is 1.93. The summed E-state index contributed by atoms with van der Waals surface area (Å²) in [6, 6.07) is 1.43. The third kappa shape index (κ3) is 4.39. The minimum absolute atomic E-state index is 0.0339. The summed E-state index contributed by atoms with van der Waals surface area (Å²) in [5.41, 5.74) is -0.0339. The topological polar surface area (TPSA) is 89.3 Å². The van der Waals surface area contributed by atoms with E-state index in [9.17, 15) is 10.1 Å². The maximum Gasteiger partial charge on any atom is 0.288 e. The molecule has 0 unspecified atom stereocenters. The van der Waals surface area contributed by atoms with Gasteiger partial charge in [0.05, 0.1) is 22.1 Å². The van der Waals surface area contributed by atoms with Crippen LogP contribution in [0.3, 0.4) is 0 Å². The Hall–Kier alpha value is -1.25. The summed E-state index contributed by atoms with van der Waals surface area (Å²) in [6.07, 6.45) is 3.64. The van der Waals surface area contributed by atoms with Crippen LogP contribution in [0.15, 0.2) is 16.7 Å². The first-order valence-electron chi connectivity index (χ1n) is 6.53. The number of aromatic nitrogens is 1. The van der Waals surface area contributed by atoms with Crippen molar-refractivity contribution in [1.82, 2.24) is 10.3 Å². The molecule has 2 heterocycles. The van der Waals surface area contributed by atoms with E-state index in [1.54, 1.807) is 0 Å². The number of piperidine rings is 1. The molecule has 2 rings (SSSR count). The zero-order valence-electron chi connectivity index (χ0n) is 11.0. The number of hydrogen-bond donors (Lipinski definition) is 2. The molecule has 1 aliphatic heterocycles. The second-order valence-corrected chi connectivity index (χ2v) is 5.38. The summed E-state index contributed by atoms with van der Waals surface area (Å²) < 4.78 is 6.33. The van der Waals surface area contributed by atoms with Gasteiger partial charge in [0.15, 0.2) is 0 Å². The number of rotatable bonds is 6. The van der Waals surface area contributed by atoms with Gasteiger partial charge in [-0.2, -0.15) is 0 Å². The molecule has 1 aliphatic rings. The summed E-state index contributed by atoms with van der Waals surface area (Å²) in [7, 11) is 0. The molecule has 0 spiro atoms. The molecular formula is C12H17BrN4O3. The normalized spacial score (nSPS) is 16.1. The van der Waals surface area contributed by atoms with Crippen molar-refractivity contribution in [1.29, 1.82) is 0 Å². The minimum atomic E-state index is -0.470. The standard InChI is InChI=1S/C12H17BrN4O3/c13-11-7-9(17(18)19)8-16-12(11)15-5-6-20-10-1-3-14-4-2-10/h7-8,10,14H,1-6H2,(H,15,16). The van der Waals surface area contributed by atoms with Gasteiger partial charge in [-0.3, -0.25) is 10.1 Å². The molecule has 1 aromatic rings. The Kier molecular flexibility index (Phi) is 5.69. The number of anilines is 1. The molecule has 0 radical (unpaired) electrons. The molecule has 0 aliphatic carbocycles. The van der Waals surface area contributed by atoms with E-state index < -0.39 is 4.92 Å². The van der Waals surface area contributed by atoms with Gasteiger partial charge in [0.2, 0.25) is 0 Å². The summed E-state index contributed by atoms with van der Waals surface area (Å²) in [5, 5.41) is 17.0. The van der Waals surface area contributed by atoms with Crippen molar-refractivity contribution < 1.29 is 9.66 Å². The van der Waals surface area contributed by atoms with Gasteiger partial charge in [-0.15, -0.1) is 0 Å². The Labute approximate surface area is 125 Å². The van der Waals surface area contributed by atoms with Gasteiger partial charge in [0, 0.05) is 12.6 Å². The first-order chi connectivity index (χ1) is 9.66. The van der Waals surface area contributed by atoms with Crippen LogP contribution in [0.2, 0.25) is 0 Å². The van der Waals surface area contributed by atoms with Crippen LogP contribution in [-0.4, -0.2) is 42.3 Å². The summed E-state index contributed by atoms with van der Waals surface area (Å²) in [4.78, 5) is 14.1. The highest BCUT2D eigenvalue weighted by Gasteiger charge is 2.13. The number of nitro groups is 1. The van der Waals surface area contributed by atoms with E-state index in [0.29, 0.717) is 29.5 Å². The molecule has 20 heavy (non-hydrogen) atoms. The van der Waals surface area contributed by atoms with E-state index in [4.69, 9.17) is 4.74 Å². The fraction of sp³-hybridized carbons (Fsp3) is 0.583. The van der Waals surface area contributed by atoms with Crippen molar-refractivity contribution in [3.8, 4) is 0 Å². The molecule has 0 aromatic carbocycles. The highest BCUT2D eigenvalue weighted by molar-refractivity contribution is 9.10. The van der Waals surface area contributed by atoms with Crippen LogP contribution in [0.25, 0.3) is 0 Å². The lowest BCUT2D eigenvalue weighted by Crippen LogP contribution is -2.33. The zero-order chi connectivity index (χ0) is 14.4. The summed E-state index contributed by atoms with van der Waals surface area (Å²) in [5.74, 6) is 0.588. The molecule has 0 amide bonds. The van der Waals surface area contributed by atoms with Crippen molar-refractivity contribution in [3.63, 3.8) is 0 Å². The van der Waals surface area contributed by atoms with Gasteiger partial charge in [0.25, 0.3) is 5.69 Å². The first-order valence-corrected chi connectivity index (χ1v) is 7.32. The summed E-state index contributed by atoms with van der Waals surface area (Å²) >= 11 is 3.27. The molecule has 2 N–H and O–H groups in total. The zero-order valence-corrected chi connectivity index (χ0v) is 12.6. The van der Waals surface area contributed by atoms with Crippen molar-refractivity contribution in [3.05, 3.63) is 26.9 Å². The summed E-state index contributed by atoms with van der Waals surface area (Å²) in [6.45, 7) is 3.23. The Balaban J connectivity index is 1.74. The lowest BCUT2D eigenvalue weighted by atomic mass is 10.1. The van der Waals surface area contributed by atoms with Crippen LogP contribution < -0.4 is 10.6 Å². The fourth-order valence-electron chi connectivity index (χ4n) is 2.01. The van der Waals surface area contributed by atoms with Crippen molar-refractivity contribution in [2.24, 2.45) is 0 Å². The van der Waals surface area contributed by atoms with Gasteiger partial charge in [0.1, 0.15) is 12.0 Å². The number of pyridine rings is 1. The van der Waals surface area contributed by atoms with Gasteiger partial charge in [-0.1, -0.05) is 0 Å². The van der Waals surface area contributed by atoms with Crippen LogP contribution in [0.4, 0.5) is 11.5 Å². The highest BCUT2D eigenvalue weighted by Crippen LogP contribution is 2.24. The van der Waals surface area contributed by atoms with E-state index in [0.717, 1.165) is 25.9 Å². The monoisotopic (exact) mass is 344 g/mol. The fourth-order valence-corrected chi connectivity index (χ4v) is 2.49. The van der Waals surface area contributed by atoms with Gasteiger partial charge >= 0.3 is 0 Å². The molecule has 0 atom stereocenters. The molecule has 8 heteroatoms. The third-order valence-electron chi connectivity index (χ3n) is 3.07. The Morgan fingerprint density at radius 2 is 2.30 bits per heavy atom. The SMILES string of the molecule is O=[N+]([O-])c1cnc(NCCOC2CCNCC2)c(Br)c1. The largest absolute Gasteiger partial charge is 0.376 e. The van der Waals surface area contributed by atoms with Crippen molar-refractivity contribution in [2.45, 2.75) is 18.9 Å². The Bertz CT molecular complexity index is 466. The van der Waals surface area contributed by atoms with E-state index in [1.165, 1.54) is 12.3 Å². The Morgan fingerprint density at radius 3 is 2.95 bits per heavy atom. The number of halogens is 1. The minimum Gasteiger partial charge on any atom is -0.376 e. The molecular weight excluding hydrogens is 328 g/mol. The van der Waals surface area contributed by atoms with E-state index in [-0.39, 0.29) is 5.69 Å². The molecule has 1 aromatic heterocycles. The van der Waals surface area contributed by atoms with Crippen LogP contribution in [0.1, 0.15) is 12.8 Å². The molecule has 7 nitrogen and oxygen atoms in total. The van der Waals surface area contributed by atoms with Crippen molar-refractivity contribution >= 4 is 27.4 Å². The van der Waals surface area contributed by atoms with Gasteiger partial charge < -0.3 is 15.4 Å². The van der Waals surface area contributed by atoms with Gasteiger partial charge in [-0.05, 0) is 41.9 Å². The maximum absolute atomic E-state index is 10.6. The van der Waals surface area contributed by atoms with Gasteiger partial charge in [-0.25, -0.2) is 4.98 Å². The van der Waals surface area contributed by atoms with E-state index in [2.05, 4.69) is 31.5 Å². The lowest BCUT2D eigenvalue weighted by molar-refractivity contribution is -0.385. The lowest BCUT2D eigenvalue weighted by Gasteiger charge is -2.23. The average Bonchev–Trinajstić information content (AvgIpc) is 2.46. The number of hydrogen-bond acceptors (Lipinski definition) is 6. The average molecular weight is 345 g/mol. The second-order valence-electron chi connectivity index (χ2n) is 4.53. The first kappa shape index (κ1) is 15.1. The molecule has 0 saturated carbocycles. The molecule has 1 saturated heterocycles. The maximum atomic E-state index is 10.6. The van der Waals surface area contributed by atoms with E-state index in [1.807, 2.05) is 0 Å². The quantitative estimate of drug-likeness (QED) is 0.465. The van der Waals surface area contributed by atoms with Crippen LogP contribution in [0, 0.1) is 10.1 Å². The number of nitrogens with zero attached hydrogens (tertiary/aromatic N) is 2. The highest BCUT2D eigenvalue weighted by atomic mass is 79.9. The van der Waals surface area contributed by atoms with E-state index >= 15 is 0 Å². The van der Waals surface area contributed by atoms with Crippen LogP contribution >= 0.6 is 15.9 Å². The molecule has 1 fully saturated rings. The predicted molar refractivity (Wildman–Crippen MR) is 78.9 cm³/mol. The number of nitrogens with one attached hydrogen (secondary N) is 2. The second kappa shape index (κ2) is 7.51.